The lowest BCUT2D eigenvalue weighted by Gasteiger charge is -2.21. The largest absolute Gasteiger partial charge is 0.360 e. The van der Waals surface area contributed by atoms with Crippen molar-refractivity contribution in [1.29, 1.82) is 0 Å². The van der Waals surface area contributed by atoms with E-state index in [1.807, 2.05) is 6.07 Å². The van der Waals surface area contributed by atoms with Gasteiger partial charge >= 0.3 is 0 Å². The molecular weight excluding hydrogens is 352 g/mol. The van der Waals surface area contributed by atoms with E-state index in [-0.39, 0.29) is 5.91 Å². The zero-order valence-electron chi connectivity index (χ0n) is 16.9. The molecule has 0 bridgehead atoms. The first-order valence-electron chi connectivity index (χ1n) is 9.45. The zero-order valence-corrected chi connectivity index (χ0v) is 16.9. The van der Waals surface area contributed by atoms with Crippen LogP contribution in [0.25, 0.3) is 0 Å². The van der Waals surface area contributed by atoms with Crippen LogP contribution in [0.3, 0.4) is 0 Å². The Morgan fingerprint density at radius 2 is 1.71 bits per heavy atom. The number of para-hydroxylation sites is 1. The number of nitrogens with zero attached hydrogens (tertiary/aromatic N) is 2. The van der Waals surface area contributed by atoms with E-state index in [9.17, 15) is 4.79 Å². The minimum atomic E-state index is -0.328. The quantitative estimate of drug-likeness (QED) is 0.582. The summed E-state index contributed by atoms with van der Waals surface area (Å²) in [5.74, 6) is 1.46. The molecule has 0 unspecified atom stereocenters. The molecule has 1 amide bonds. The fourth-order valence-corrected chi connectivity index (χ4v) is 3.05. The van der Waals surface area contributed by atoms with Gasteiger partial charge in [-0.25, -0.2) is 4.98 Å². The Hall–Kier alpha value is -3.15. The van der Waals surface area contributed by atoms with Crippen molar-refractivity contribution >= 4 is 23.1 Å². The Kier molecular flexibility index (Phi) is 5.78. The molecule has 146 valence electrons. The molecule has 28 heavy (non-hydrogen) atoms. The lowest BCUT2D eigenvalue weighted by molar-refractivity contribution is 0.102. The van der Waals surface area contributed by atoms with Gasteiger partial charge in [0.15, 0.2) is 5.82 Å². The van der Waals surface area contributed by atoms with Crippen LogP contribution in [-0.4, -0.2) is 16.0 Å². The molecule has 0 aliphatic heterocycles. The summed E-state index contributed by atoms with van der Waals surface area (Å²) in [4.78, 5) is 16.6. The Morgan fingerprint density at radius 1 is 1.04 bits per heavy atom. The molecule has 3 aromatic rings. The molecule has 0 saturated heterocycles. The molecule has 0 radical (unpaired) electrons. The summed E-state index contributed by atoms with van der Waals surface area (Å²) in [6, 6.07) is 11.6. The van der Waals surface area contributed by atoms with E-state index in [0.29, 0.717) is 29.1 Å². The number of pyridine rings is 1. The number of rotatable bonds is 6. The van der Waals surface area contributed by atoms with Gasteiger partial charge in [0.25, 0.3) is 5.91 Å². The van der Waals surface area contributed by atoms with E-state index >= 15 is 0 Å². The second-order valence-electron chi connectivity index (χ2n) is 7.45. The highest BCUT2D eigenvalue weighted by molar-refractivity contribution is 6.02. The third-order valence-electron chi connectivity index (χ3n) is 4.51. The van der Waals surface area contributed by atoms with Crippen molar-refractivity contribution in [3.05, 3.63) is 65.2 Å². The highest BCUT2D eigenvalue weighted by atomic mass is 16.5. The predicted molar refractivity (Wildman–Crippen MR) is 111 cm³/mol. The van der Waals surface area contributed by atoms with Gasteiger partial charge in [-0.2, -0.15) is 0 Å². The number of nitrogens with one attached hydrogen (secondary N) is 2. The Balaban J connectivity index is 1.80. The number of hydrogen-bond donors (Lipinski definition) is 2. The highest BCUT2D eigenvalue weighted by Crippen LogP contribution is 2.34. The van der Waals surface area contributed by atoms with Gasteiger partial charge in [-0.05, 0) is 42.0 Å². The highest BCUT2D eigenvalue weighted by Gasteiger charge is 2.15. The van der Waals surface area contributed by atoms with Crippen molar-refractivity contribution in [3.63, 3.8) is 0 Å². The smallest absolute Gasteiger partial charge is 0.275 e. The summed E-state index contributed by atoms with van der Waals surface area (Å²) in [5, 5.41) is 9.93. The van der Waals surface area contributed by atoms with Gasteiger partial charge in [-0.3, -0.25) is 4.79 Å². The lowest BCUT2D eigenvalue weighted by Crippen LogP contribution is -2.14. The fourth-order valence-electron chi connectivity index (χ4n) is 3.05. The lowest BCUT2D eigenvalue weighted by atomic mass is 9.92. The molecule has 6 nitrogen and oxygen atoms in total. The Bertz CT molecular complexity index is 933. The molecule has 0 spiro atoms. The summed E-state index contributed by atoms with van der Waals surface area (Å²) in [6.07, 6.45) is 1.67. The van der Waals surface area contributed by atoms with Crippen LogP contribution in [-0.2, 0) is 0 Å². The van der Waals surface area contributed by atoms with Crippen LogP contribution in [0.1, 0.15) is 66.9 Å². The average molecular weight is 378 g/mol. The normalized spacial score (nSPS) is 11.1. The first-order valence-corrected chi connectivity index (χ1v) is 9.45. The number of hydrogen-bond acceptors (Lipinski definition) is 5. The van der Waals surface area contributed by atoms with E-state index in [4.69, 9.17) is 4.52 Å². The molecular formula is C22H26N4O2. The van der Waals surface area contributed by atoms with Crippen molar-refractivity contribution in [1.82, 2.24) is 10.1 Å². The molecule has 1 aromatic carbocycles. The minimum absolute atomic E-state index is 0.312. The van der Waals surface area contributed by atoms with Crippen LogP contribution in [0.4, 0.5) is 17.2 Å². The average Bonchev–Trinajstić information content (AvgIpc) is 3.06. The third-order valence-corrected chi connectivity index (χ3v) is 4.51. The van der Waals surface area contributed by atoms with Crippen molar-refractivity contribution in [2.75, 3.05) is 10.6 Å². The number of carbonyl (C=O) groups is 1. The van der Waals surface area contributed by atoms with Crippen LogP contribution in [0, 0.1) is 6.92 Å². The molecule has 6 heteroatoms. The number of amides is 1. The first kappa shape index (κ1) is 19.6. The number of carbonyl (C=O) groups excluding carboxylic acids is 1. The molecule has 3 rings (SSSR count). The minimum Gasteiger partial charge on any atom is -0.360 e. The maximum atomic E-state index is 12.3. The van der Waals surface area contributed by atoms with Crippen LogP contribution in [0.5, 0.6) is 0 Å². The van der Waals surface area contributed by atoms with Gasteiger partial charge in [0.1, 0.15) is 11.5 Å². The van der Waals surface area contributed by atoms with Crippen molar-refractivity contribution in [3.8, 4) is 0 Å². The topological polar surface area (TPSA) is 80.0 Å². The van der Waals surface area contributed by atoms with Crippen LogP contribution >= 0.6 is 0 Å². The third kappa shape index (κ3) is 4.39. The fraction of sp³-hybridized carbons (Fsp3) is 0.318. The maximum absolute atomic E-state index is 12.3. The molecule has 0 fully saturated rings. The van der Waals surface area contributed by atoms with Crippen LogP contribution < -0.4 is 10.6 Å². The monoisotopic (exact) mass is 378 g/mol. The second kappa shape index (κ2) is 8.25. The molecule has 2 heterocycles. The van der Waals surface area contributed by atoms with Gasteiger partial charge in [0.05, 0.1) is 11.9 Å². The zero-order chi connectivity index (χ0) is 20.3. The molecule has 0 atom stereocenters. The van der Waals surface area contributed by atoms with Gasteiger partial charge in [0, 0.05) is 11.8 Å². The Morgan fingerprint density at radius 3 is 2.21 bits per heavy atom. The molecule has 0 aliphatic rings. The summed E-state index contributed by atoms with van der Waals surface area (Å²) in [5.41, 5.74) is 4.78. The number of aromatic nitrogens is 2. The number of aryl methyl sites for hydroxylation is 1. The molecule has 0 aliphatic carbocycles. The van der Waals surface area contributed by atoms with Gasteiger partial charge in [-0.1, -0.05) is 51.1 Å². The van der Waals surface area contributed by atoms with E-state index < -0.39 is 0 Å². The standard InChI is InChI=1S/C22H26N4O2/c1-13(2)17-7-6-8-18(14(3)4)21(17)24-16-9-10-19(23-12-16)22(27)25-20-11-15(5)28-26-20/h6-14,24H,1-5H3,(H,25,26,27). The first-order chi connectivity index (χ1) is 13.3. The van der Waals surface area contributed by atoms with Crippen LogP contribution in [0.2, 0.25) is 0 Å². The molecule has 2 N–H and O–H groups in total. The van der Waals surface area contributed by atoms with Gasteiger partial charge in [-0.15, -0.1) is 0 Å². The summed E-state index contributed by atoms with van der Waals surface area (Å²) < 4.78 is 4.95. The summed E-state index contributed by atoms with van der Waals surface area (Å²) in [6.45, 7) is 10.5. The number of anilines is 3. The van der Waals surface area contributed by atoms with Crippen LogP contribution in [0.15, 0.2) is 47.1 Å². The maximum Gasteiger partial charge on any atom is 0.275 e. The number of benzene rings is 1. The summed E-state index contributed by atoms with van der Waals surface area (Å²) >= 11 is 0. The predicted octanol–water partition coefficient (Wildman–Crippen LogP) is 5.62. The van der Waals surface area contributed by atoms with Crippen molar-refractivity contribution in [2.45, 2.75) is 46.5 Å². The van der Waals surface area contributed by atoms with Gasteiger partial charge in [0.2, 0.25) is 0 Å². The summed E-state index contributed by atoms with van der Waals surface area (Å²) in [7, 11) is 0. The second-order valence-corrected chi connectivity index (χ2v) is 7.45. The van der Waals surface area contributed by atoms with E-state index in [1.54, 1.807) is 25.3 Å². The molecule has 0 saturated carbocycles. The van der Waals surface area contributed by atoms with Crippen molar-refractivity contribution < 1.29 is 9.32 Å². The molecule has 2 aromatic heterocycles. The van der Waals surface area contributed by atoms with Crippen molar-refractivity contribution in [2.24, 2.45) is 0 Å². The Labute approximate surface area is 165 Å². The van der Waals surface area contributed by atoms with Gasteiger partial charge < -0.3 is 15.2 Å². The van der Waals surface area contributed by atoms with E-state index in [2.05, 4.69) is 66.7 Å². The van der Waals surface area contributed by atoms with E-state index in [1.165, 1.54) is 11.1 Å². The SMILES string of the molecule is Cc1cc(NC(=O)c2ccc(Nc3c(C(C)C)cccc3C(C)C)cn2)no1. The van der Waals surface area contributed by atoms with E-state index in [0.717, 1.165) is 11.4 Å².